The van der Waals surface area contributed by atoms with Crippen molar-refractivity contribution in [2.24, 2.45) is 0 Å². The topological polar surface area (TPSA) is 86.8 Å². The third-order valence-electron chi connectivity index (χ3n) is 7.12. The van der Waals surface area contributed by atoms with Gasteiger partial charge in [-0.2, -0.15) is 0 Å². The second-order valence-electron chi connectivity index (χ2n) is 10.1. The summed E-state index contributed by atoms with van der Waals surface area (Å²) < 4.78 is 42.5. The van der Waals surface area contributed by atoms with Crippen LogP contribution in [0.4, 0.5) is 10.1 Å². The van der Waals surface area contributed by atoms with Gasteiger partial charge >= 0.3 is 0 Å². The average molecular weight is 588 g/mol. The Morgan fingerprint density at radius 2 is 1.45 bits per heavy atom. The molecule has 0 aliphatic rings. The van der Waals surface area contributed by atoms with E-state index in [0.29, 0.717) is 0 Å². The number of hydrogen-bond donors (Lipinski definition) is 1. The lowest BCUT2D eigenvalue weighted by Crippen LogP contribution is -2.53. The zero-order chi connectivity index (χ0) is 30.3. The predicted molar refractivity (Wildman–Crippen MR) is 162 cm³/mol. The van der Waals surface area contributed by atoms with Crippen molar-refractivity contribution in [1.29, 1.82) is 0 Å². The Labute approximate surface area is 246 Å². The maximum atomic E-state index is 14.3. The number of carbonyl (C=O) groups excluding carboxylic acids is 2. The average Bonchev–Trinajstić information content (AvgIpc) is 2.99. The Kier molecular flexibility index (Phi) is 9.75. The Hall–Kier alpha value is -4.50. The first-order valence-electron chi connectivity index (χ1n) is 13.5. The summed E-state index contributed by atoms with van der Waals surface area (Å²) in [4.78, 5) is 28.9. The number of amides is 2. The van der Waals surface area contributed by atoms with Crippen molar-refractivity contribution in [3.05, 3.63) is 131 Å². The summed E-state index contributed by atoms with van der Waals surface area (Å²) in [6.07, 6.45) is 0.230. The maximum absolute atomic E-state index is 14.3. The number of rotatable bonds is 11. The molecule has 4 aromatic carbocycles. The first kappa shape index (κ1) is 30.5. The van der Waals surface area contributed by atoms with Crippen LogP contribution in [0.3, 0.4) is 0 Å². The molecular formula is C33H34FN3O4S. The molecule has 7 nitrogen and oxygen atoms in total. The molecule has 42 heavy (non-hydrogen) atoms. The largest absolute Gasteiger partial charge is 0.357 e. The van der Waals surface area contributed by atoms with E-state index in [4.69, 9.17) is 0 Å². The van der Waals surface area contributed by atoms with Crippen LogP contribution in [-0.4, -0.2) is 44.8 Å². The highest BCUT2D eigenvalue weighted by molar-refractivity contribution is 7.92. The van der Waals surface area contributed by atoms with Crippen LogP contribution in [0.2, 0.25) is 0 Å². The van der Waals surface area contributed by atoms with Gasteiger partial charge in [0.15, 0.2) is 0 Å². The minimum atomic E-state index is -4.29. The fourth-order valence-corrected chi connectivity index (χ4v) is 6.08. The van der Waals surface area contributed by atoms with Gasteiger partial charge in [0.2, 0.25) is 11.8 Å². The molecule has 1 N–H and O–H groups in total. The first-order valence-corrected chi connectivity index (χ1v) is 15.0. The molecule has 0 aliphatic carbocycles. The van der Waals surface area contributed by atoms with Gasteiger partial charge in [-0.05, 0) is 66.9 Å². The first-order chi connectivity index (χ1) is 20.1. The number of anilines is 1. The molecule has 0 bridgehead atoms. The molecule has 0 fully saturated rings. The highest BCUT2D eigenvalue weighted by atomic mass is 32.2. The van der Waals surface area contributed by atoms with Gasteiger partial charge in [-0.3, -0.25) is 13.9 Å². The lowest BCUT2D eigenvalue weighted by atomic mass is 10.0. The summed E-state index contributed by atoms with van der Waals surface area (Å²) in [5, 5.41) is 2.67. The maximum Gasteiger partial charge on any atom is 0.264 e. The van der Waals surface area contributed by atoms with Gasteiger partial charge in [0.25, 0.3) is 10.0 Å². The summed E-state index contributed by atoms with van der Waals surface area (Å²) in [6.45, 7) is 3.31. The fraction of sp³-hybridized carbons (Fsp3) is 0.212. The molecule has 0 radical (unpaired) electrons. The normalized spacial score (nSPS) is 11.9. The van der Waals surface area contributed by atoms with Crippen molar-refractivity contribution in [2.45, 2.75) is 37.8 Å². The molecule has 1 atom stereocenters. The zero-order valence-electron chi connectivity index (χ0n) is 23.8. The summed E-state index contributed by atoms with van der Waals surface area (Å²) in [6, 6.07) is 27.2. The summed E-state index contributed by atoms with van der Waals surface area (Å²) in [5.74, 6) is -1.51. The minimum Gasteiger partial charge on any atom is -0.357 e. The molecule has 0 saturated carbocycles. The number of hydrogen-bond acceptors (Lipinski definition) is 4. The molecule has 0 aliphatic heterocycles. The van der Waals surface area contributed by atoms with Gasteiger partial charge in [0, 0.05) is 20.0 Å². The lowest BCUT2D eigenvalue weighted by molar-refractivity contribution is -0.139. The van der Waals surface area contributed by atoms with Crippen LogP contribution < -0.4 is 9.62 Å². The second-order valence-corrected chi connectivity index (χ2v) is 11.9. The SMILES string of the molecule is CNC(=O)C(Cc1ccccc1)N(Cc1ccccc1C)C(=O)CN(c1ccc(C)cc1)S(=O)(=O)c1ccc(F)cc1. The third kappa shape index (κ3) is 7.22. The Bertz CT molecular complexity index is 1630. The Balaban J connectivity index is 1.79. The number of benzene rings is 4. The van der Waals surface area contributed by atoms with Gasteiger partial charge in [-0.15, -0.1) is 0 Å². The highest BCUT2D eigenvalue weighted by Crippen LogP contribution is 2.26. The van der Waals surface area contributed by atoms with Crippen molar-refractivity contribution in [3.8, 4) is 0 Å². The van der Waals surface area contributed by atoms with E-state index in [0.717, 1.165) is 38.7 Å². The minimum absolute atomic E-state index is 0.0920. The van der Waals surface area contributed by atoms with Gasteiger partial charge in [-0.1, -0.05) is 72.3 Å². The number of aryl methyl sites for hydroxylation is 2. The van der Waals surface area contributed by atoms with E-state index in [2.05, 4.69) is 5.32 Å². The Morgan fingerprint density at radius 3 is 2.07 bits per heavy atom. The van der Waals surface area contributed by atoms with Crippen LogP contribution in [-0.2, 0) is 32.6 Å². The van der Waals surface area contributed by atoms with Crippen LogP contribution >= 0.6 is 0 Å². The molecule has 9 heteroatoms. The van der Waals surface area contributed by atoms with E-state index in [1.165, 1.54) is 24.1 Å². The number of halogens is 1. The van der Waals surface area contributed by atoms with Gasteiger partial charge in [0.05, 0.1) is 10.6 Å². The summed E-state index contributed by atoms with van der Waals surface area (Å²) in [5.41, 5.74) is 3.79. The number of nitrogens with zero attached hydrogens (tertiary/aromatic N) is 2. The number of sulfonamides is 1. The van der Waals surface area contributed by atoms with Crippen molar-refractivity contribution >= 4 is 27.5 Å². The molecular weight excluding hydrogens is 553 g/mol. The molecule has 4 rings (SSSR count). The summed E-state index contributed by atoms with van der Waals surface area (Å²) in [7, 11) is -2.78. The van der Waals surface area contributed by atoms with Crippen molar-refractivity contribution in [1.82, 2.24) is 10.2 Å². The molecule has 4 aromatic rings. The van der Waals surface area contributed by atoms with Crippen molar-refractivity contribution in [2.75, 3.05) is 17.9 Å². The van der Waals surface area contributed by atoms with Crippen LogP contribution in [0.15, 0.2) is 108 Å². The number of likely N-dealkylation sites (N-methyl/N-ethyl adjacent to an activating group) is 1. The fourth-order valence-electron chi connectivity index (χ4n) is 4.67. The molecule has 1 unspecified atom stereocenters. The monoisotopic (exact) mass is 587 g/mol. The van der Waals surface area contributed by atoms with Crippen LogP contribution in [0.25, 0.3) is 0 Å². The van der Waals surface area contributed by atoms with Gasteiger partial charge < -0.3 is 10.2 Å². The molecule has 0 aromatic heterocycles. The van der Waals surface area contributed by atoms with Gasteiger partial charge in [-0.25, -0.2) is 12.8 Å². The predicted octanol–water partition coefficient (Wildman–Crippen LogP) is 5.02. The molecule has 2 amide bonds. The van der Waals surface area contributed by atoms with Gasteiger partial charge in [0.1, 0.15) is 18.4 Å². The van der Waals surface area contributed by atoms with E-state index in [-0.39, 0.29) is 29.5 Å². The van der Waals surface area contributed by atoms with E-state index in [1.54, 1.807) is 24.3 Å². The van der Waals surface area contributed by atoms with E-state index < -0.39 is 34.3 Å². The number of nitrogens with one attached hydrogen (secondary N) is 1. The summed E-state index contributed by atoms with van der Waals surface area (Å²) >= 11 is 0. The lowest BCUT2D eigenvalue weighted by Gasteiger charge is -2.34. The highest BCUT2D eigenvalue weighted by Gasteiger charge is 2.34. The van der Waals surface area contributed by atoms with Crippen LogP contribution in [0, 0.1) is 19.7 Å². The molecule has 0 spiro atoms. The Morgan fingerprint density at radius 1 is 0.833 bits per heavy atom. The molecule has 0 saturated heterocycles. The third-order valence-corrected chi connectivity index (χ3v) is 8.91. The van der Waals surface area contributed by atoms with Crippen molar-refractivity contribution in [3.63, 3.8) is 0 Å². The molecule has 218 valence electrons. The van der Waals surface area contributed by atoms with Crippen molar-refractivity contribution < 1.29 is 22.4 Å². The van der Waals surface area contributed by atoms with Crippen LogP contribution in [0.1, 0.15) is 22.3 Å². The standard InChI is InChI=1S/C33H34FN3O4S/c1-24-13-17-29(18-14-24)37(42(40,41)30-19-15-28(34)16-20-30)23-32(38)36(22-27-12-8-7-9-25(27)2)31(33(39)35-3)21-26-10-5-4-6-11-26/h4-20,31H,21-23H2,1-3H3,(H,35,39). The number of carbonyl (C=O) groups is 2. The second kappa shape index (κ2) is 13.4. The zero-order valence-corrected chi connectivity index (χ0v) is 24.6. The van der Waals surface area contributed by atoms with E-state index >= 15 is 0 Å². The quantitative estimate of drug-likeness (QED) is 0.267. The van der Waals surface area contributed by atoms with E-state index in [1.807, 2.05) is 68.4 Å². The smallest absolute Gasteiger partial charge is 0.264 e. The van der Waals surface area contributed by atoms with Crippen LogP contribution in [0.5, 0.6) is 0 Å². The molecule has 0 heterocycles. The van der Waals surface area contributed by atoms with E-state index in [9.17, 15) is 22.4 Å².